The van der Waals surface area contributed by atoms with Crippen molar-refractivity contribution in [2.24, 2.45) is 10.8 Å². The quantitative estimate of drug-likeness (QED) is 0.380. The van der Waals surface area contributed by atoms with Crippen molar-refractivity contribution in [3.8, 4) is 0 Å². The molecule has 0 spiro atoms. The largest absolute Gasteiger partial charge is 0.375 e. The van der Waals surface area contributed by atoms with Gasteiger partial charge in [-0.1, -0.05) is 18.3 Å². The van der Waals surface area contributed by atoms with Crippen molar-refractivity contribution < 1.29 is 4.79 Å². The minimum atomic E-state index is 0.425. The van der Waals surface area contributed by atoms with Gasteiger partial charge >= 0.3 is 0 Å². The second-order valence-electron chi connectivity index (χ2n) is 5.48. The molecule has 1 saturated heterocycles. The van der Waals surface area contributed by atoms with Crippen LogP contribution in [0.5, 0.6) is 0 Å². The number of rotatable bonds is 4. The molecule has 0 aliphatic carbocycles. The molecule has 7 nitrogen and oxygen atoms in total. The number of hydrogen-bond acceptors (Lipinski definition) is 8. The van der Waals surface area contributed by atoms with Gasteiger partial charge in [0.15, 0.2) is 11.4 Å². The third kappa shape index (κ3) is 4.98. The number of fused-ring (bicyclic) bond motifs is 1. The van der Waals surface area contributed by atoms with Gasteiger partial charge in [0.25, 0.3) is 0 Å². The molecule has 0 radical (unpaired) electrons. The lowest BCUT2D eigenvalue weighted by atomic mass is 10.1. The van der Waals surface area contributed by atoms with E-state index in [4.69, 9.17) is 11.5 Å². The molecule has 1 fully saturated rings. The summed E-state index contributed by atoms with van der Waals surface area (Å²) in [5.74, 6) is 0. The molecular formula is C16H24N6OS. The summed E-state index contributed by atoms with van der Waals surface area (Å²) in [4.78, 5) is 14.4. The molecule has 1 aromatic carbocycles. The zero-order valence-electron chi connectivity index (χ0n) is 13.8. The zero-order valence-corrected chi connectivity index (χ0v) is 14.6. The summed E-state index contributed by atoms with van der Waals surface area (Å²) in [6.45, 7) is 4.23. The van der Waals surface area contributed by atoms with Crippen molar-refractivity contribution in [2.45, 2.75) is 32.2 Å². The highest BCUT2D eigenvalue weighted by atomic mass is 32.1. The maximum Gasteiger partial charge on any atom is 0.181 e. The maximum atomic E-state index is 10.2. The fraction of sp³-hybridized carbons (Fsp3) is 0.438. The maximum absolute atomic E-state index is 10.2. The highest BCUT2D eigenvalue weighted by molar-refractivity contribution is 7.22. The first kappa shape index (κ1) is 18.3. The van der Waals surface area contributed by atoms with Crippen LogP contribution in [0.25, 0.3) is 10.2 Å². The highest BCUT2D eigenvalue weighted by Gasteiger charge is 2.09. The van der Waals surface area contributed by atoms with Crippen LogP contribution in [-0.2, 0) is 11.2 Å². The van der Waals surface area contributed by atoms with Gasteiger partial charge in [-0.25, -0.2) is 4.98 Å². The van der Waals surface area contributed by atoms with Crippen LogP contribution in [-0.4, -0.2) is 36.6 Å². The molecule has 3 rings (SSSR count). The van der Waals surface area contributed by atoms with Gasteiger partial charge in [-0.2, -0.15) is 5.10 Å². The molecule has 6 N–H and O–H groups in total. The minimum absolute atomic E-state index is 0.425. The third-order valence-electron chi connectivity index (χ3n) is 3.69. The van der Waals surface area contributed by atoms with E-state index in [9.17, 15) is 4.79 Å². The summed E-state index contributed by atoms with van der Waals surface area (Å²) < 4.78 is 1.07. The molecule has 0 saturated carbocycles. The predicted octanol–water partition coefficient (Wildman–Crippen LogP) is 1.73. The lowest BCUT2D eigenvalue weighted by Gasteiger charge is -2.17. The van der Waals surface area contributed by atoms with Crippen molar-refractivity contribution in [1.82, 2.24) is 10.3 Å². The van der Waals surface area contributed by atoms with Crippen LogP contribution in [0.2, 0.25) is 0 Å². The smallest absolute Gasteiger partial charge is 0.181 e. The molecule has 1 aliphatic rings. The molecule has 8 heteroatoms. The molecule has 1 atom stereocenters. The number of nitrogens with zero attached hydrogens (tertiary/aromatic N) is 2. The Morgan fingerprint density at radius 2 is 2.38 bits per heavy atom. The molecular weight excluding hydrogens is 324 g/mol. The number of piperidine rings is 1. The summed E-state index contributed by atoms with van der Waals surface area (Å²) in [6.07, 6.45) is 5.10. The minimum Gasteiger partial charge on any atom is -0.375 e. The number of benzene rings is 1. The van der Waals surface area contributed by atoms with Gasteiger partial charge in [-0.05, 0) is 43.5 Å². The van der Waals surface area contributed by atoms with Crippen LogP contribution >= 0.6 is 11.3 Å². The molecule has 2 aromatic rings. The van der Waals surface area contributed by atoms with E-state index in [0.717, 1.165) is 41.0 Å². The van der Waals surface area contributed by atoms with Crippen molar-refractivity contribution in [1.29, 1.82) is 0 Å². The molecule has 130 valence electrons. The van der Waals surface area contributed by atoms with Crippen LogP contribution in [0.4, 0.5) is 10.8 Å². The number of nitrogen functional groups attached to an aromatic ring is 1. The van der Waals surface area contributed by atoms with E-state index in [1.807, 2.05) is 12.1 Å². The van der Waals surface area contributed by atoms with Crippen molar-refractivity contribution in [2.75, 3.05) is 24.2 Å². The molecule has 0 bridgehead atoms. The molecule has 2 heterocycles. The first-order valence-corrected chi connectivity index (χ1v) is 8.84. The van der Waals surface area contributed by atoms with Crippen LogP contribution in [0.1, 0.15) is 25.3 Å². The number of carbonyl (C=O) groups excluding carboxylic acids is 1. The average Bonchev–Trinajstić information content (AvgIpc) is 2.96. The standard InChI is InChI=1S/C11H12N4OS.C5H12N2/c1-2-7-8(15-13-5-6-16)3-4-9-10(7)17-11(12)14-9;6-5-2-1-3-7-4-5/h3-6,15H,2H2,1H3,(H2,12,14);5,7H,1-4,6H2/b13-5+;. The number of hydrogen-bond donors (Lipinski definition) is 4. The monoisotopic (exact) mass is 348 g/mol. The number of carbonyl (C=O) groups is 1. The van der Waals surface area contributed by atoms with Crippen LogP contribution in [0, 0.1) is 0 Å². The Balaban J connectivity index is 0.000000249. The Morgan fingerprint density at radius 3 is 2.96 bits per heavy atom. The molecule has 0 amide bonds. The fourth-order valence-corrected chi connectivity index (χ4v) is 3.48. The molecule has 1 aliphatic heterocycles. The van der Waals surface area contributed by atoms with Crippen molar-refractivity contribution in [3.63, 3.8) is 0 Å². The van der Waals surface area contributed by atoms with E-state index in [0.29, 0.717) is 17.5 Å². The first-order valence-electron chi connectivity index (χ1n) is 8.02. The van der Waals surface area contributed by atoms with E-state index in [-0.39, 0.29) is 0 Å². The Morgan fingerprint density at radius 1 is 1.54 bits per heavy atom. The van der Waals surface area contributed by atoms with Gasteiger partial charge < -0.3 is 16.8 Å². The lowest BCUT2D eigenvalue weighted by molar-refractivity contribution is -0.102. The number of aryl methyl sites for hydroxylation is 1. The highest BCUT2D eigenvalue weighted by Crippen LogP contribution is 2.32. The summed E-state index contributed by atoms with van der Waals surface area (Å²) in [5, 5.41) is 7.56. The first-order chi connectivity index (χ1) is 11.7. The summed E-state index contributed by atoms with van der Waals surface area (Å²) in [7, 11) is 0. The number of hydrazone groups is 1. The molecule has 1 aromatic heterocycles. The Hall–Kier alpha value is -2.03. The van der Waals surface area contributed by atoms with E-state index in [1.165, 1.54) is 30.4 Å². The fourth-order valence-electron chi connectivity index (χ4n) is 2.54. The van der Waals surface area contributed by atoms with Gasteiger partial charge in [-0.15, -0.1) is 0 Å². The second-order valence-corrected chi connectivity index (χ2v) is 6.51. The Labute approximate surface area is 145 Å². The van der Waals surface area contributed by atoms with E-state index in [2.05, 4.69) is 27.8 Å². The van der Waals surface area contributed by atoms with Gasteiger partial charge in [-0.3, -0.25) is 10.2 Å². The number of thiazole rings is 1. The third-order valence-corrected chi connectivity index (χ3v) is 4.65. The SMILES string of the molecule is CCc1c(N/N=C/C=O)ccc2nc(N)sc12.NC1CCCNC1. The summed E-state index contributed by atoms with van der Waals surface area (Å²) in [5.41, 5.74) is 17.0. The predicted molar refractivity (Wildman–Crippen MR) is 102 cm³/mol. The van der Waals surface area contributed by atoms with Crippen LogP contribution < -0.4 is 22.2 Å². The van der Waals surface area contributed by atoms with Gasteiger partial charge in [0.05, 0.1) is 22.1 Å². The normalized spacial score (nSPS) is 17.5. The summed E-state index contributed by atoms with van der Waals surface area (Å²) >= 11 is 1.46. The number of nitrogens with two attached hydrogens (primary N) is 2. The number of anilines is 2. The average molecular weight is 348 g/mol. The lowest BCUT2D eigenvalue weighted by Crippen LogP contribution is -2.39. The van der Waals surface area contributed by atoms with E-state index in [1.54, 1.807) is 0 Å². The van der Waals surface area contributed by atoms with E-state index < -0.39 is 0 Å². The van der Waals surface area contributed by atoms with Gasteiger partial charge in [0.2, 0.25) is 0 Å². The van der Waals surface area contributed by atoms with Crippen LogP contribution in [0.3, 0.4) is 0 Å². The van der Waals surface area contributed by atoms with Gasteiger partial charge in [0.1, 0.15) is 0 Å². The van der Waals surface area contributed by atoms with E-state index >= 15 is 0 Å². The van der Waals surface area contributed by atoms with Crippen molar-refractivity contribution in [3.05, 3.63) is 17.7 Å². The molecule has 1 unspecified atom stereocenters. The number of nitrogens with one attached hydrogen (secondary N) is 2. The van der Waals surface area contributed by atoms with Crippen molar-refractivity contribution >= 4 is 44.9 Å². The Kier molecular flexibility index (Phi) is 7.10. The summed E-state index contributed by atoms with van der Waals surface area (Å²) in [6, 6.07) is 4.21. The van der Waals surface area contributed by atoms with Gasteiger partial charge in [0, 0.05) is 12.6 Å². The number of aldehydes is 1. The number of aromatic nitrogens is 1. The molecule has 24 heavy (non-hydrogen) atoms. The van der Waals surface area contributed by atoms with Crippen LogP contribution in [0.15, 0.2) is 17.2 Å². The second kappa shape index (κ2) is 9.31. The Bertz CT molecular complexity index is 693. The zero-order chi connectivity index (χ0) is 17.4. The topological polar surface area (TPSA) is 118 Å².